The molecule has 1 saturated carbocycles. The van der Waals surface area contributed by atoms with Crippen molar-refractivity contribution in [3.8, 4) is 0 Å². The van der Waals surface area contributed by atoms with Crippen LogP contribution in [0.4, 0.5) is 4.39 Å². The zero-order valence-electron chi connectivity index (χ0n) is 23.0. The van der Waals surface area contributed by atoms with Gasteiger partial charge in [-0.25, -0.2) is 4.39 Å². The van der Waals surface area contributed by atoms with Gasteiger partial charge in [-0.3, -0.25) is 14.5 Å². The fraction of sp³-hybridized carbons (Fsp3) is 0.929. The number of carbonyl (C=O) groups is 2. The van der Waals surface area contributed by atoms with Crippen LogP contribution in [0.2, 0.25) is 0 Å². The highest BCUT2D eigenvalue weighted by Crippen LogP contribution is 2.47. The average molecular weight is 536 g/mol. The van der Waals surface area contributed by atoms with Crippen LogP contribution in [0.5, 0.6) is 0 Å². The molecule has 9 nitrogen and oxygen atoms in total. The first-order valence-electron chi connectivity index (χ1n) is 15.3. The van der Waals surface area contributed by atoms with Gasteiger partial charge in [-0.2, -0.15) is 0 Å². The molecule has 0 radical (unpaired) electrons. The Balaban J connectivity index is 1.23. The Kier molecular flexibility index (Phi) is 9.25. The van der Waals surface area contributed by atoms with Crippen molar-refractivity contribution in [2.75, 3.05) is 39.3 Å². The molecule has 0 aromatic rings. The van der Waals surface area contributed by atoms with E-state index in [2.05, 4.69) is 25.8 Å². The van der Waals surface area contributed by atoms with Gasteiger partial charge < -0.3 is 32.3 Å². The zero-order chi connectivity index (χ0) is 26.7. The van der Waals surface area contributed by atoms with Gasteiger partial charge in [0.15, 0.2) is 0 Å². The Morgan fingerprint density at radius 1 is 1.03 bits per heavy atom. The third kappa shape index (κ3) is 6.35. The first kappa shape index (κ1) is 28.2. The Morgan fingerprint density at radius 3 is 2.47 bits per heavy atom. The van der Waals surface area contributed by atoms with E-state index in [1.54, 1.807) is 0 Å². The number of piperidine rings is 2. The van der Waals surface area contributed by atoms with Gasteiger partial charge in [-0.15, -0.1) is 0 Å². The molecule has 1 spiro atoms. The predicted octanol–water partition coefficient (Wildman–Crippen LogP) is 0.820. The molecule has 1 aliphatic carbocycles. The molecule has 7 N–H and O–H groups in total. The first-order chi connectivity index (χ1) is 18.3. The maximum absolute atomic E-state index is 14.6. The Hall–Kier alpha value is -1.33. The summed E-state index contributed by atoms with van der Waals surface area (Å²) in [5.74, 6) is -0.411. The summed E-state index contributed by atoms with van der Waals surface area (Å²) in [4.78, 5) is 30.7. The molecule has 0 aromatic heterocycles. The number of rotatable bonds is 6. The normalized spacial score (nSPS) is 34.4. The highest BCUT2D eigenvalue weighted by Gasteiger charge is 2.44. The number of alkyl halides is 1. The third-order valence-corrected chi connectivity index (χ3v) is 10.3. The summed E-state index contributed by atoms with van der Waals surface area (Å²) in [7, 11) is 0. The maximum Gasteiger partial charge on any atom is 0.227 e. The quantitative estimate of drug-likeness (QED) is 0.319. The summed E-state index contributed by atoms with van der Waals surface area (Å²) >= 11 is 0. The zero-order valence-corrected chi connectivity index (χ0v) is 23.0. The molecule has 5 unspecified atom stereocenters. The monoisotopic (exact) mass is 535 g/mol. The molecule has 4 heterocycles. The lowest BCUT2D eigenvalue weighted by atomic mass is 9.72. The van der Waals surface area contributed by atoms with Crippen molar-refractivity contribution in [1.82, 2.24) is 25.8 Å². The minimum Gasteiger partial charge on any atom is -0.350 e. The minimum atomic E-state index is -0.904. The summed E-state index contributed by atoms with van der Waals surface area (Å²) in [5, 5.41) is 10.2. The lowest BCUT2D eigenvalue weighted by Crippen LogP contribution is -2.65. The van der Waals surface area contributed by atoms with Crippen LogP contribution in [0.1, 0.15) is 77.0 Å². The fourth-order valence-corrected chi connectivity index (χ4v) is 8.24. The maximum atomic E-state index is 14.6. The molecule has 38 heavy (non-hydrogen) atoms. The summed E-state index contributed by atoms with van der Waals surface area (Å²) in [5.41, 5.74) is 12.6. The van der Waals surface area contributed by atoms with E-state index in [0.29, 0.717) is 31.3 Å². The standard InChI is InChI=1S/C28H50FN7O2/c29-19-5-11-28(9-1-2-10-28)16-21(33-17-19)25(26(30)31)27(38)34-22-18-32-12-6-23(22)35-14-7-20(8-15-35)36-13-3-4-24(36)37/h19-23,25-26,32-33H,1-18,30-31H2,(H,34,38). The van der Waals surface area contributed by atoms with Crippen molar-refractivity contribution >= 4 is 11.8 Å². The van der Waals surface area contributed by atoms with Gasteiger partial charge in [0.05, 0.1) is 18.1 Å². The van der Waals surface area contributed by atoms with E-state index >= 15 is 0 Å². The second-order valence-electron chi connectivity index (χ2n) is 12.8. The molecule has 4 saturated heterocycles. The van der Waals surface area contributed by atoms with E-state index in [4.69, 9.17) is 11.5 Å². The smallest absolute Gasteiger partial charge is 0.227 e. The molecule has 0 aromatic carbocycles. The van der Waals surface area contributed by atoms with Crippen LogP contribution in [0.15, 0.2) is 0 Å². The summed E-state index contributed by atoms with van der Waals surface area (Å²) < 4.78 is 14.6. The first-order valence-corrected chi connectivity index (χ1v) is 15.3. The molecule has 5 atom stereocenters. The molecule has 2 amide bonds. The molecular weight excluding hydrogens is 485 g/mol. The van der Waals surface area contributed by atoms with E-state index in [-0.39, 0.29) is 36.0 Å². The number of nitrogens with one attached hydrogen (secondary N) is 3. The fourth-order valence-electron chi connectivity index (χ4n) is 8.24. The van der Waals surface area contributed by atoms with Gasteiger partial charge >= 0.3 is 0 Å². The number of carbonyl (C=O) groups excluding carboxylic acids is 2. The molecular formula is C28H50FN7O2. The van der Waals surface area contributed by atoms with E-state index in [9.17, 15) is 14.0 Å². The topological polar surface area (TPSA) is 129 Å². The number of hydrogen-bond acceptors (Lipinski definition) is 7. The van der Waals surface area contributed by atoms with E-state index in [0.717, 1.165) is 77.5 Å². The van der Waals surface area contributed by atoms with Gasteiger partial charge in [0.1, 0.15) is 6.17 Å². The Morgan fingerprint density at radius 2 is 1.79 bits per heavy atom. The van der Waals surface area contributed by atoms with Gasteiger partial charge in [-0.05, 0) is 69.7 Å². The number of nitrogens with zero attached hydrogens (tertiary/aromatic N) is 2. The van der Waals surface area contributed by atoms with E-state index in [1.807, 2.05) is 0 Å². The number of hydrogen-bond donors (Lipinski definition) is 5. The van der Waals surface area contributed by atoms with Crippen molar-refractivity contribution in [3.63, 3.8) is 0 Å². The molecule has 10 heteroatoms. The highest BCUT2D eigenvalue weighted by atomic mass is 19.1. The highest BCUT2D eigenvalue weighted by molar-refractivity contribution is 5.80. The van der Waals surface area contributed by atoms with Crippen molar-refractivity contribution in [2.24, 2.45) is 22.8 Å². The van der Waals surface area contributed by atoms with Crippen LogP contribution >= 0.6 is 0 Å². The third-order valence-electron chi connectivity index (χ3n) is 10.3. The van der Waals surface area contributed by atoms with Crippen LogP contribution in [0.3, 0.4) is 0 Å². The number of nitrogens with two attached hydrogens (primary N) is 2. The minimum absolute atomic E-state index is 0.0367. The summed E-state index contributed by atoms with van der Waals surface area (Å²) in [6.45, 7) is 4.66. The average Bonchev–Trinajstić information content (AvgIpc) is 3.55. The number of amides is 2. The second kappa shape index (κ2) is 12.5. The van der Waals surface area contributed by atoms with Crippen molar-refractivity contribution in [3.05, 3.63) is 0 Å². The van der Waals surface area contributed by atoms with Gasteiger partial charge in [0.25, 0.3) is 0 Å². The second-order valence-corrected chi connectivity index (χ2v) is 12.8. The van der Waals surface area contributed by atoms with Crippen LogP contribution in [-0.2, 0) is 9.59 Å². The van der Waals surface area contributed by atoms with Crippen LogP contribution in [-0.4, -0.2) is 97.4 Å². The van der Waals surface area contributed by atoms with Crippen LogP contribution in [0.25, 0.3) is 0 Å². The lowest BCUT2D eigenvalue weighted by molar-refractivity contribution is -0.131. The van der Waals surface area contributed by atoms with Gasteiger partial charge in [-0.1, -0.05) is 12.8 Å². The summed E-state index contributed by atoms with van der Waals surface area (Å²) in [6.07, 6.45) is 9.74. The Labute approximate surface area is 227 Å². The van der Waals surface area contributed by atoms with Crippen LogP contribution in [0, 0.1) is 11.3 Å². The molecule has 0 bridgehead atoms. The molecule has 4 aliphatic heterocycles. The molecule has 5 aliphatic rings. The van der Waals surface area contributed by atoms with Gasteiger partial charge in [0.2, 0.25) is 11.8 Å². The van der Waals surface area contributed by atoms with Crippen molar-refractivity contribution in [1.29, 1.82) is 0 Å². The number of halogens is 1. The molecule has 5 fully saturated rings. The van der Waals surface area contributed by atoms with E-state index < -0.39 is 18.3 Å². The van der Waals surface area contributed by atoms with Gasteiger partial charge in [0, 0.05) is 57.3 Å². The van der Waals surface area contributed by atoms with Crippen LogP contribution < -0.4 is 27.4 Å². The largest absolute Gasteiger partial charge is 0.350 e. The lowest BCUT2D eigenvalue weighted by Gasteiger charge is -2.45. The number of likely N-dealkylation sites (tertiary alicyclic amines) is 2. The predicted molar refractivity (Wildman–Crippen MR) is 146 cm³/mol. The Bertz CT molecular complexity index is 815. The van der Waals surface area contributed by atoms with Crippen molar-refractivity contribution < 1.29 is 14.0 Å². The molecule has 216 valence electrons. The summed E-state index contributed by atoms with van der Waals surface area (Å²) in [6, 6.07) is 0.329. The molecule has 5 rings (SSSR count). The van der Waals surface area contributed by atoms with E-state index in [1.165, 1.54) is 12.8 Å². The van der Waals surface area contributed by atoms with Crippen molar-refractivity contribution in [2.45, 2.75) is 114 Å². The SMILES string of the molecule is NC(N)C(C(=O)NC1CNCCC1N1CCC(N2CCCC2=O)CC1)C1CC2(CCCC2)CCC(F)CN1.